The van der Waals surface area contributed by atoms with Crippen LogP contribution in [0, 0.1) is 19.3 Å². The highest BCUT2D eigenvalue weighted by Crippen LogP contribution is 2.03. The summed E-state index contributed by atoms with van der Waals surface area (Å²) in [6.45, 7) is 2.37. The Balaban J connectivity index is 2.36. The van der Waals surface area contributed by atoms with Crippen LogP contribution in [0.1, 0.15) is 11.1 Å². The minimum Gasteiger partial charge on any atom is -0.456 e. The molecule has 1 aromatic carbocycles. The van der Waals surface area contributed by atoms with Gasteiger partial charge in [0.25, 0.3) is 0 Å². The second kappa shape index (κ2) is 5.08. The van der Waals surface area contributed by atoms with Gasteiger partial charge in [-0.3, -0.25) is 0 Å². The number of aryl methyl sites for hydroxylation is 1. The number of carbonyl (C=O) groups is 1. The lowest BCUT2D eigenvalue weighted by molar-refractivity contribution is -0.136. The zero-order chi connectivity index (χ0) is 10.4. The van der Waals surface area contributed by atoms with E-state index < -0.39 is 5.97 Å². The molecule has 0 N–H and O–H groups in total. The maximum atomic E-state index is 10.6. The first-order chi connectivity index (χ1) is 6.72. The predicted octanol–water partition coefficient (Wildman–Crippen LogP) is 1.71. The number of hydrogen-bond acceptors (Lipinski definition) is 2. The Bertz CT molecular complexity index is 344. The highest BCUT2D eigenvalue weighted by Gasteiger charge is 1.97. The van der Waals surface area contributed by atoms with Gasteiger partial charge in [-0.05, 0) is 12.5 Å². The van der Waals surface area contributed by atoms with E-state index in [1.807, 2.05) is 37.1 Å². The highest BCUT2D eigenvalue weighted by atomic mass is 16.5. The summed E-state index contributed by atoms with van der Waals surface area (Å²) in [4.78, 5) is 10.6. The van der Waals surface area contributed by atoms with Crippen molar-refractivity contribution >= 4 is 5.97 Å². The zero-order valence-corrected chi connectivity index (χ0v) is 8.12. The van der Waals surface area contributed by atoms with Crippen molar-refractivity contribution in [3.8, 4) is 12.3 Å². The molecule has 0 atom stereocenters. The fraction of sp³-hybridized carbons (Fsp3) is 0.250. The van der Waals surface area contributed by atoms with Crippen LogP contribution < -0.4 is 0 Å². The molecule has 0 amide bonds. The first kappa shape index (κ1) is 10.3. The molecular weight excluding hydrogens is 176 g/mol. The van der Waals surface area contributed by atoms with Crippen molar-refractivity contribution in [3.63, 3.8) is 0 Å². The minimum atomic E-state index is -0.600. The van der Waals surface area contributed by atoms with E-state index in [2.05, 4.69) is 0 Å². The monoisotopic (exact) mass is 188 g/mol. The van der Waals surface area contributed by atoms with Gasteiger partial charge in [-0.15, -0.1) is 6.42 Å². The van der Waals surface area contributed by atoms with Gasteiger partial charge >= 0.3 is 5.97 Å². The number of rotatable bonds is 3. The number of benzene rings is 1. The highest BCUT2D eigenvalue weighted by molar-refractivity contribution is 5.87. The SMILES string of the molecule is C#CC(=O)OCCc1ccc(C)cc1. The van der Waals surface area contributed by atoms with E-state index in [1.54, 1.807) is 0 Å². The predicted molar refractivity (Wildman–Crippen MR) is 54.7 cm³/mol. The number of hydrogen-bond donors (Lipinski definition) is 0. The van der Waals surface area contributed by atoms with E-state index in [1.165, 1.54) is 5.56 Å². The fourth-order valence-corrected chi connectivity index (χ4v) is 1.06. The quantitative estimate of drug-likeness (QED) is 0.410. The summed E-state index contributed by atoms with van der Waals surface area (Å²) < 4.78 is 4.75. The first-order valence-corrected chi connectivity index (χ1v) is 4.41. The van der Waals surface area contributed by atoms with Crippen LogP contribution in [0.15, 0.2) is 24.3 Å². The lowest BCUT2D eigenvalue weighted by atomic mass is 10.1. The number of esters is 1. The lowest BCUT2D eigenvalue weighted by Gasteiger charge is -2.01. The van der Waals surface area contributed by atoms with Crippen LogP contribution in [0.2, 0.25) is 0 Å². The van der Waals surface area contributed by atoms with Crippen molar-refractivity contribution in [2.24, 2.45) is 0 Å². The summed E-state index contributed by atoms with van der Waals surface area (Å²) in [5.41, 5.74) is 2.36. The van der Waals surface area contributed by atoms with E-state index >= 15 is 0 Å². The summed E-state index contributed by atoms with van der Waals surface area (Å²) >= 11 is 0. The molecule has 0 aliphatic carbocycles. The van der Waals surface area contributed by atoms with Gasteiger partial charge in [-0.1, -0.05) is 29.8 Å². The maximum Gasteiger partial charge on any atom is 0.384 e. The maximum absolute atomic E-state index is 10.6. The summed E-state index contributed by atoms with van der Waals surface area (Å²) in [7, 11) is 0. The molecule has 0 saturated carbocycles. The van der Waals surface area contributed by atoms with Gasteiger partial charge in [0, 0.05) is 12.3 Å². The molecule has 0 aromatic heterocycles. The average Bonchev–Trinajstić information content (AvgIpc) is 2.21. The second-order valence-corrected chi connectivity index (χ2v) is 3.02. The van der Waals surface area contributed by atoms with Gasteiger partial charge in [0.1, 0.15) is 0 Å². The Labute approximate surface area is 83.9 Å². The average molecular weight is 188 g/mol. The molecule has 72 valence electrons. The van der Waals surface area contributed by atoms with Crippen molar-refractivity contribution in [1.82, 2.24) is 0 Å². The summed E-state index contributed by atoms with van der Waals surface area (Å²) in [5, 5.41) is 0. The van der Waals surface area contributed by atoms with Crippen LogP contribution in [0.25, 0.3) is 0 Å². The molecular formula is C12H12O2. The van der Waals surface area contributed by atoms with Crippen LogP contribution in [0.3, 0.4) is 0 Å². The molecule has 1 rings (SSSR count). The molecule has 0 aliphatic heterocycles. The molecule has 1 aromatic rings. The Morgan fingerprint density at radius 3 is 2.64 bits per heavy atom. The standard InChI is InChI=1S/C12H12O2/c1-3-12(13)14-9-8-11-6-4-10(2)5-7-11/h1,4-7H,8-9H2,2H3. The molecule has 0 unspecified atom stereocenters. The number of ether oxygens (including phenoxy) is 1. The topological polar surface area (TPSA) is 26.3 Å². The molecule has 0 saturated heterocycles. The Morgan fingerprint density at radius 2 is 2.07 bits per heavy atom. The Kier molecular flexibility index (Phi) is 3.75. The van der Waals surface area contributed by atoms with Gasteiger partial charge in [-0.25, -0.2) is 4.79 Å². The molecule has 0 fully saturated rings. The van der Waals surface area contributed by atoms with Crippen LogP contribution in [-0.2, 0) is 16.0 Å². The van der Waals surface area contributed by atoms with Gasteiger partial charge in [0.2, 0.25) is 0 Å². The van der Waals surface area contributed by atoms with E-state index in [0.717, 1.165) is 5.56 Å². The molecule has 2 nitrogen and oxygen atoms in total. The van der Waals surface area contributed by atoms with E-state index in [0.29, 0.717) is 13.0 Å². The summed E-state index contributed by atoms with van der Waals surface area (Å²) in [6, 6.07) is 8.08. The third kappa shape index (κ3) is 3.32. The van der Waals surface area contributed by atoms with Crippen molar-refractivity contribution in [1.29, 1.82) is 0 Å². The van der Waals surface area contributed by atoms with Gasteiger partial charge < -0.3 is 4.74 Å². The molecule has 0 spiro atoms. The molecule has 0 radical (unpaired) electrons. The van der Waals surface area contributed by atoms with Crippen LogP contribution >= 0.6 is 0 Å². The smallest absolute Gasteiger partial charge is 0.384 e. The van der Waals surface area contributed by atoms with Gasteiger partial charge in [-0.2, -0.15) is 0 Å². The summed E-state index contributed by atoms with van der Waals surface area (Å²) in [5.74, 6) is 1.30. The van der Waals surface area contributed by atoms with Crippen LogP contribution in [-0.4, -0.2) is 12.6 Å². The van der Waals surface area contributed by atoms with Gasteiger partial charge in [0.15, 0.2) is 0 Å². The van der Waals surface area contributed by atoms with Crippen molar-refractivity contribution < 1.29 is 9.53 Å². The van der Waals surface area contributed by atoms with Crippen molar-refractivity contribution in [2.45, 2.75) is 13.3 Å². The van der Waals surface area contributed by atoms with Crippen molar-refractivity contribution in [3.05, 3.63) is 35.4 Å². The molecule has 0 heterocycles. The first-order valence-electron chi connectivity index (χ1n) is 4.41. The van der Waals surface area contributed by atoms with E-state index in [-0.39, 0.29) is 0 Å². The Morgan fingerprint density at radius 1 is 1.43 bits per heavy atom. The van der Waals surface area contributed by atoms with Crippen molar-refractivity contribution in [2.75, 3.05) is 6.61 Å². The number of terminal acetylenes is 1. The lowest BCUT2D eigenvalue weighted by Crippen LogP contribution is -2.04. The van der Waals surface area contributed by atoms with Crippen LogP contribution in [0.5, 0.6) is 0 Å². The zero-order valence-electron chi connectivity index (χ0n) is 8.12. The molecule has 0 aliphatic rings. The third-order valence-electron chi connectivity index (χ3n) is 1.86. The minimum absolute atomic E-state index is 0.339. The number of carbonyl (C=O) groups excluding carboxylic acids is 1. The molecule has 2 heteroatoms. The Hall–Kier alpha value is -1.75. The summed E-state index contributed by atoms with van der Waals surface area (Å²) in [6.07, 6.45) is 5.55. The van der Waals surface area contributed by atoms with Gasteiger partial charge in [0.05, 0.1) is 6.61 Å². The third-order valence-corrected chi connectivity index (χ3v) is 1.86. The molecule has 14 heavy (non-hydrogen) atoms. The normalized spacial score (nSPS) is 9.14. The largest absolute Gasteiger partial charge is 0.456 e. The molecule has 0 bridgehead atoms. The fourth-order valence-electron chi connectivity index (χ4n) is 1.06. The van der Waals surface area contributed by atoms with Crippen LogP contribution in [0.4, 0.5) is 0 Å². The second-order valence-electron chi connectivity index (χ2n) is 3.02. The van der Waals surface area contributed by atoms with E-state index in [9.17, 15) is 4.79 Å². The van der Waals surface area contributed by atoms with E-state index in [4.69, 9.17) is 11.2 Å².